The van der Waals surface area contributed by atoms with Gasteiger partial charge in [-0.3, -0.25) is 4.79 Å². The molecule has 0 aromatic heterocycles. The van der Waals surface area contributed by atoms with E-state index in [0.29, 0.717) is 17.0 Å². The standard InChI is InChI=1S/C18H18FNO4/c1-12(2)24-16-9-3-13(4-10-16)18(22)23-11-17(21)20-15-7-5-14(19)6-8-15/h3-10,12H,11H2,1-2H3,(H,20,21). The van der Waals surface area contributed by atoms with Crippen LogP contribution >= 0.6 is 0 Å². The van der Waals surface area contributed by atoms with Crippen molar-refractivity contribution in [2.45, 2.75) is 20.0 Å². The normalized spacial score (nSPS) is 10.3. The minimum Gasteiger partial charge on any atom is -0.491 e. The molecule has 24 heavy (non-hydrogen) atoms. The van der Waals surface area contributed by atoms with E-state index in [9.17, 15) is 14.0 Å². The number of hydrogen-bond donors (Lipinski definition) is 1. The van der Waals surface area contributed by atoms with Crippen LogP contribution in [0.2, 0.25) is 0 Å². The van der Waals surface area contributed by atoms with Crippen LogP contribution in [0.4, 0.5) is 10.1 Å². The molecule has 1 N–H and O–H groups in total. The highest BCUT2D eigenvalue weighted by atomic mass is 19.1. The van der Waals surface area contributed by atoms with Gasteiger partial charge in [0.1, 0.15) is 11.6 Å². The maximum atomic E-state index is 12.8. The number of nitrogens with one attached hydrogen (secondary N) is 1. The number of rotatable bonds is 6. The summed E-state index contributed by atoms with van der Waals surface area (Å²) in [6, 6.07) is 11.7. The summed E-state index contributed by atoms with van der Waals surface area (Å²) in [6.45, 7) is 3.38. The molecule has 0 aliphatic heterocycles. The summed E-state index contributed by atoms with van der Waals surface area (Å²) >= 11 is 0. The van der Waals surface area contributed by atoms with Gasteiger partial charge >= 0.3 is 5.97 Å². The molecule has 5 nitrogen and oxygen atoms in total. The molecule has 0 spiro atoms. The van der Waals surface area contributed by atoms with Crippen molar-refractivity contribution in [2.24, 2.45) is 0 Å². The molecule has 2 aromatic carbocycles. The fraction of sp³-hybridized carbons (Fsp3) is 0.222. The lowest BCUT2D eigenvalue weighted by Gasteiger charge is -2.10. The van der Waals surface area contributed by atoms with E-state index in [4.69, 9.17) is 9.47 Å². The van der Waals surface area contributed by atoms with Gasteiger partial charge in [-0.25, -0.2) is 9.18 Å². The van der Waals surface area contributed by atoms with Gasteiger partial charge in [-0.15, -0.1) is 0 Å². The first-order valence-electron chi connectivity index (χ1n) is 7.43. The second-order valence-electron chi connectivity index (χ2n) is 5.32. The van der Waals surface area contributed by atoms with Crippen LogP contribution in [0.15, 0.2) is 48.5 Å². The molecule has 0 saturated carbocycles. The molecule has 0 aliphatic carbocycles. The second kappa shape index (κ2) is 8.10. The Bertz CT molecular complexity index is 696. The predicted molar refractivity (Wildman–Crippen MR) is 87.5 cm³/mol. The smallest absolute Gasteiger partial charge is 0.338 e. The van der Waals surface area contributed by atoms with Crippen LogP contribution in [0.25, 0.3) is 0 Å². The van der Waals surface area contributed by atoms with Gasteiger partial charge in [-0.2, -0.15) is 0 Å². The van der Waals surface area contributed by atoms with Crippen molar-refractivity contribution in [3.8, 4) is 5.75 Å². The second-order valence-corrected chi connectivity index (χ2v) is 5.32. The Kier molecular flexibility index (Phi) is 5.89. The highest BCUT2D eigenvalue weighted by molar-refractivity contribution is 5.95. The van der Waals surface area contributed by atoms with Gasteiger partial charge in [0, 0.05) is 5.69 Å². The lowest BCUT2D eigenvalue weighted by atomic mass is 10.2. The van der Waals surface area contributed by atoms with Crippen molar-refractivity contribution in [1.29, 1.82) is 0 Å². The molecule has 0 aliphatic rings. The quantitative estimate of drug-likeness (QED) is 0.824. The third kappa shape index (κ3) is 5.39. The number of ether oxygens (including phenoxy) is 2. The maximum absolute atomic E-state index is 12.8. The van der Waals surface area contributed by atoms with Crippen LogP contribution in [-0.2, 0) is 9.53 Å². The summed E-state index contributed by atoms with van der Waals surface area (Å²) in [5, 5.41) is 2.50. The van der Waals surface area contributed by atoms with Crippen molar-refractivity contribution >= 4 is 17.6 Å². The molecule has 0 bridgehead atoms. The lowest BCUT2D eigenvalue weighted by Crippen LogP contribution is -2.20. The topological polar surface area (TPSA) is 64.6 Å². The fourth-order valence-electron chi connectivity index (χ4n) is 1.89. The fourth-order valence-corrected chi connectivity index (χ4v) is 1.89. The van der Waals surface area contributed by atoms with Crippen LogP contribution in [0.5, 0.6) is 5.75 Å². The van der Waals surface area contributed by atoms with Crippen LogP contribution in [0.1, 0.15) is 24.2 Å². The molecule has 0 heterocycles. The third-order valence-electron chi connectivity index (χ3n) is 2.92. The number of amides is 1. The van der Waals surface area contributed by atoms with Crippen molar-refractivity contribution < 1.29 is 23.5 Å². The Balaban J connectivity index is 1.83. The lowest BCUT2D eigenvalue weighted by molar-refractivity contribution is -0.119. The van der Waals surface area contributed by atoms with Gasteiger partial charge in [0.15, 0.2) is 6.61 Å². The zero-order valence-electron chi connectivity index (χ0n) is 13.4. The molecule has 0 fully saturated rings. The SMILES string of the molecule is CC(C)Oc1ccc(C(=O)OCC(=O)Nc2ccc(F)cc2)cc1. The number of carbonyl (C=O) groups excluding carboxylic acids is 2. The summed E-state index contributed by atoms with van der Waals surface area (Å²) in [7, 11) is 0. The van der Waals surface area contributed by atoms with Crippen LogP contribution in [0, 0.1) is 5.82 Å². The molecule has 2 rings (SSSR count). The molecule has 126 valence electrons. The van der Waals surface area contributed by atoms with Gasteiger partial charge in [0.25, 0.3) is 5.91 Å². The average Bonchev–Trinajstić information content (AvgIpc) is 2.55. The molecule has 2 aromatic rings. The first-order chi connectivity index (χ1) is 11.4. The Labute approximate surface area is 139 Å². The van der Waals surface area contributed by atoms with E-state index < -0.39 is 24.3 Å². The summed E-state index contributed by atoms with van der Waals surface area (Å²) in [5.74, 6) is -0.866. The summed E-state index contributed by atoms with van der Waals surface area (Å²) in [4.78, 5) is 23.6. The largest absolute Gasteiger partial charge is 0.491 e. The Morgan fingerprint density at radius 3 is 2.25 bits per heavy atom. The zero-order valence-corrected chi connectivity index (χ0v) is 13.4. The van der Waals surface area contributed by atoms with Crippen molar-refractivity contribution in [3.05, 3.63) is 59.9 Å². The molecule has 0 unspecified atom stereocenters. The van der Waals surface area contributed by atoms with Crippen molar-refractivity contribution in [1.82, 2.24) is 0 Å². The summed E-state index contributed by atoms with van der Waals surface area (Å²) < 4.78 is 23.2. The van der Waals surface area contributed by atoms with Gasteiger partial charge < -0.3 is 14.8 Å². The van der Waals surface area contributed by atoms with E-state index in [1.165, 1.54) is 24.3 Å². The highest BCUT2D eigenvalue weighted by Gasteiger charge is 2.11. The van der Waals surface area contributed by atoms with Gasteiger partial charge in [-0.05, 0) is 62.4 Å². The number of benzene rings is 2. The predicted octanol–water partition coefficient (Wildman–Crippen LogP) is 3.41. The Morgan fingerprint density at radius 2 is 1.67 bits per heavy atom. The van der Waals surface area contributed by atoms with Crippen LogP contribution in [0.3, 0.4) is 0 Å². The molecular weight excluding hydrogens is 313 g/mol. The van der Waals surface area contributed by atoms with Gasteiger partial charge in [0.2, 0.25) is 0 Å². The first kappa shape index (κ1) is 17.5. The van der Waals surface area contributed by atoms with Crippen molar-refractivity contribution in [2.75, 3.05) is 11.9 Å². The molecule has 0 saturated heterocycles. The van der Waals surface area contributed by atoms with E-state index >= 15 is 0 Å². The Morgan fingerprint density at radius 1 is 1.04 bits per heavy atom. The minimum absolute atomic E-state index is 0.0398. The minimum atomic E-state index is -0.611. The van der Waals surface area contributed by atoms with E-state index in [0.717, 1.165) is 0 Å². The van der Waals surface area contributed by atoms with Crippen LogP contribution in [-0.4, -0.2) is 24.6 Å². The van der Waals surface area contributed by atoms with Crippen molar-refractivity contribution in [3.63, 3.8) is 0 Å². The summed E-state index contributed by atoms with van der Waals surface area (Å²) in [5.41, 5.74) is 0.744. The monoisotopic (exact) mass is 331 g/mol. The molecular formula is C18H18FNO4. The third-order valence-corrected chi connectivity index (χ3v) is 2.92. The van der Waals surface area contributed by atoms with E-state index in [2.05, 4.69) is 5.32 Å². The Hall–Kier alpha value is -2.89. The number of halogens is 1. The highest BCUT2D eigenvalue weighted by Crippen LogP contribution is 2.14. The van der Waals surface area contributed by atoms with E-state index in [1.807, 2.05) is 13.8 Å². The number of anilines is 1. The van der Waals surface area contributed by atoms with E-state index in [-0.39, 0.29) is 6.10 Å². The number of carbonyl (C=O) groups is 2. The number of hydrogen-bond acceptors (Lipinski definition) is 4. The summed E-state index contributed by atoms with van der Waals surface area (Å²) in [6.07, 6.45) is 0.0398. The maximum Gasteiger partial charge on any atom is 0.338 e. The van der Waals surface area contributed by atoms with Crippen LogP contribution < -0.4 is 10.1 Å². The molecule has 1 amide bonds. The zero-order chi connectivity index (χ0) is 17.5. The average molecular weight is 331 g/mol. The van der Waals surface area contributed by atoms with Gasteiger partial charge in [0.05, 0.1) is 11.7 Å². The molecule has 0 atom stereocenters. The van der Waals surface area contributed by atoms with E-state index in [1.54, 1.807) is 24.3 Å². The molecule has 0 radical (unpaired) electrons. The van der Waals surface area contributed by atoms with Gasteiger partial charge in [-0.1, -0.05) is 0 Å². The first-order valence-corrected chi connectivity index (χ1v) is 7.43. The molecule has 6 heteroatoms. The number of esters is 1.